The molecule has 0 aliphatic heterocycles. The third kappa shape index (κ3) is 1.20. The maximum Gasteiger partial charge on any atom is 0.0279 e. The second kappa shape index (κ2) is 2.80. The molecule has 0 spiro atoms. The summed E-state index contributed by atoms with van der Waals surface area (Å²) >= 11 is 1.68. The molecular formula is C7H9NS. The molecule has 2 heteroatoms. The summed E-state index contributed by atoms with van der Waals surface area (Å²) in [5.41, 5.74) is 6.60. The van der Waals surface area contributed by atoms with Gasteiger partial charge in [0.1, 0.15) is 0 Å². The van der Waals surface area contributed by atoms with Crippen LogP contribution in [0.1, 0.15) is 10.4 Å². The molecular weight excluding hydrogens is 130 g/mol. The molecule has 1 aromatic rings. The summed E-state index contributed by atoms with van der Waals surface area (Å²) in [4.78, 5) is 1.21. The van der Waals surface area contributed by atoms with E-state index in [2.05, 4.69) is 6.58 Å². The van der Waals surface area contributed by atoms with E-state index in [9.17, 15) is 0 Å². The van der Waals surface area contributed by atoms with E-state index in [-0.39, 0.29) is 0 Å². The van der Waals surface area contributed by atoms with Crippen LogP contribution >= 0.6 is 11.3 Å². The minimum Gasteiger partial charge on any atom is -0.326 e. The third-order valence-electron chi connectivity index (χ3n) is 1.19. The maximum atomic E-state index is 5.43. The van der Waals surface area contributed by atoms with Crippen molar-refractivity contribution in [3.05, 3.63) is 28.5 Å². The third-order valence-corrected chi connectivity index (χ3v) is 2.14. The Kier molecular flexibility index (Phi) is 2.03. The monoisotopic (exact) mass is 139 g/mol. The summed E-state index contributed by atoms with van der Waals surface area (Å²) < 4.78 is 0. The Morgan fingerprint density at radius 2 is 2.56 bits per heavy atom. The highest BCUT2D eigenvalue weighted by molar-refractivity contribution is 7.10. The maximum absolute atomic E-state index is 5.43. The lowest BCUT2D eigenvalue weighted by molar-refractivity contribution is 1.10. The highest BCUT2D eigenvalue weighted by Gasteiger charge is 1.95. The number of hydrogen-bond donors (Lipinski definition) is 1. The van der Waals surface area contributed by atoms with Crippen LogP contribution in [0.3, 0.4) is 0 Å². The number of thiophene rings is 1. The van der Waals surface area contributed by atoms with Crippen molar-refractivity contribution in [2.45, 2.75) is 6.54 Å². The lowest BCUT2D eigenvalue weighted by atomic mass is 10.2. The van der Waals surface area contributed by atoms with Crippen LogP contribution in [0.2, 0.25) is 0 Å². The van der Waals surface area contributed by atoms with Gasteiger partial charge in [0.05, 0.1) is 0 Å². The molecule has 1 rings (SSSR count). The average molecular weight is 139 g/mol. The van der Waals surface area contributed by atoms with Crippen LogP contribution in [0, 0.1) is 0 Å². The minimum atomic E-state index is 0.624. The van der Waals surface area contributed by atoms with E-state index in [1.54, 1.807) is 11.3 Å². The van der Waals surface area contributed by atoms with E-state index >= 15 is 0 Å². The fraction of sp³-hybridized carbons (Fsp3) is 0.143. The highest BCUT2D eigenvalue weighted by Crippen LogP contribution is 2.16. The zero-order valence-electron chi connectivity index (χ0n) is 5.13. The molecule has 1 heterocycles. The van der Waals surface area contributed by atoms with E-state index in [0.29, 0.717) is 6.54 Å². The van der Waals surface area contributed by atoms with Gasteiger partial charge in [0.25, 0.3) is 0 Å². The van der Waals surface area contributed by atoms with Crippen molar-refractivity contribution in [3.8, 4) is 0 Å². The van der Waals surface area contributed by atoms with Gasteiger partial charge in [-0.15, -0.1) is 11.3 Å². The molecule has 2 N–H and O–H groups in total. The van der Waals surface area contributed by atoms with Crippen LogP contribution in [-0.4, -0.2) is 0 Å². The molecule has 0 aliphatic carbocycles. The Labute approximate surface area is 58.8 Å². The number of hydrogen-bond acceptors (Lipinski definition) is 2. The van der Waals surface area contributed by atoms with Crippen molar-refractivity contribution in [1.82, 2.24) is 0 Å². The smallest absolute Gasteiger partial charge is 0.0279 e. The Hall–Kier alpha value is -0.600. The van der Waals surface area contributed by atoms with E-state index in [1.807, 2.05) is 17.5 Å². The standard InChI is InChI=1S/C7H9NS/c1-2-6-3-4-9-7(6)5-8/h2-4H,1,5,8H2. The highest BCUT2D eigenvalue weighted by atomic mass is 32.1. The quantitative estimate of drug-likeness (QED) is 0.664. The van der Waals surface area contributed by atoms with E-state index in [0.717, 1.165) is 0 Å². The van der Waals surface area contributed by atoms with Gasteiger partial charge in [0.15, 0.2) is 0 Å². The molecule has 1 nitrogen and oxygen atoms in total. The van der Waals surface area contributed by atoms with Crippen molar-refractivity contribution in [2.24, 2.45) is 5.73 Å². The zero-order chi connectivity index (χ0) is 6.69. The predicted octanol–water partition coefficient (Wildman–Crippen LogP) is 1.85. The van der Waals surface area contributed by atoms with E-state index in [4.69, 9.17) is 5.73 Å². The molecule has 0 aliphatic rings. The van der Waals surface area contributed by atoms with Gasteiger partial charge in [0.2, 0.25) is 0 Å². The van der Waals surface area contributed by atoms with Gasteiger partial charge in [-0.25, -0.2) is 0 Å². The van der Waals surface area contributed by atoms with E-state index < -0.39 is 0 Å². The Bertz CT molecular complexity index is 202. The molecule has 0 saturated carbocycles. The van der Waals surface area contributed by atoms with Crippen LogP contribution < -0.4 is 5.73 Å². The fourth-order valence-electron chi connectivity index (χ4n) is 0.698. The normalized spacial score (nSPS) is 9.44. The summed E-state index contributed by atoms with van der Waals surface area (Å²) in [6, 6.07) is 2.03. The van der Waals surface area contributed by atoms with Crippen molar-refractivity contribution >= 4 is 17.4 Å². The second-order valence-corrected chi connectivity index (χ2v) is 2.71. The minimum absolute atomic E-state index is 0.624. The summed E-state index contributed by atoms with van der Waals surface area (Å²) in [6.45, 7) is 4.29. The predicted molar refractivity (Wildman–Crippen MR) is 42.3 cm³/mol. The molecule has 0 aromatic carbocycles. The van der Waals surface area contributed by atoms with Crippen molar-refractivity contribution in [1.29, 1.82) is 0 Å². The first-order valence-corrected chi connectivity index (χ1v) is 3.65. The molecule has 0 saturated heterocycles. The molecule has 0 radical (unpaired) electrons. The largest absolute Gasteiger partial charge is 0.326 e. The van der Waals surface area contributed by atoms with Crippen molar-refractivity contribution in [3.63, 3.8) is 0 Å². The molecule has 0 atom stereocenters. The Morgan fingerprint density at radius 1 is 1.78 bits per heavy atom. The van der Waals surface area contributed by atoms with Crippen LogP contribution in [0.4, 0.5) is 0 Å². The summed E-state index contributed by atoms with van der Waals surface area (Å²) in [5, 5.41) is 2.03. The van der Waals surface area contributed by atoms with Crippen molar-refractivity contribution in [2.75, 3.05) is 0 Å². The molecule has 0 unspecified atom stereocenters. The molecule has 48 valence electrons. The first kappa shape index (κ1) is 6.52. The van der Waals surface area contributed by atoms with Crippen LogP contribution in [0.15, 0.2) is 18.0 Å². The van der Waals surface area contributed by atoms with Gasteiger partial charge in [-0.05, 0) is 17.0 Å². The topological polar surface area (TPSA) is 26.0 Å². The Balaban J connectivity index is 2.98. The Morgan fingerprint density at radius 3 is 3.00 bits per heavy atom. The van der Waals surface area contributed by atoms with Crippen LogP contribution in [0.5, 0.6) is 0 Å². The summed E-state index contributed by atoms with van der Waals surface area (Å²) in [5.74, 6) is 0. The summed E-state index contributed by atoms with van der Waals surface area (Å²) in [7, 11) is 0. The first-order valence-electron chi connectivity index (χ1n) is 2.77. The van der Waals surface area contributed by atoms with Crippen LogP contribution in [-0.2, 0) is 6.54 Å². The van der Waals surface area contributed by atoms with Crippen molar-refractivity contribution < 1.29 is 0 Å². The fourth-order valence-corrected chi connectivity index (χ4v) is 1.46. The van der Waals surface area contributed by atoms with Crippen LogP contribution in [0.25, 0.3) is 6.08 Å². The average Bonchev–Trinajstić information content (AvgIpc) is 2.33. The molecule has 9 heavy (non-hydrogen) atoms. The second-order valence-electron chi connectivity index (χ2n) is 1.71. The molecule has 0 bridgehead atoms. The van der Waals surface area contributed by atoms with Gasteiger partial charge in [-0.1, -0.05) is 12.7 Å². The van der Waals surface area contributed by atoms with Gasteiger partial charge in [-0.2, -0.15) is 0 Å². The lowest BCUT2D eigenvalue weighted by Crippen LogP contribution is -1.93. The first-order chi connectivity index (χ1) is 4.38. The zero-order valence-corrected chi connectivity index (χ0v) is 5.95. The lowest BCUT2D eigenvalue weighted by Gasteiger charge is -1.89. The van der Waals surface area contributed by atoms with Gasteiger partial charge >= 0.3 is 0 Å². The van der Waals surface area contributed by atoms with E-state index in [1.165, 1.54) is 10.4 Å². The molecule has 1 aromatic heterocycles. The van der Waals surface area contributed by atoms with Gasteiger partial charge in [-0.3, -0.25) is 0 Å². The number of nitrogens with two attached hydrogens (primary N) is 1. The van der Waals surface area contributed by atoms with Gasteiger partial charge in [0, 0.05) is 11.4 Å². The summed E-state index contributed by atoms with van der Waals surface area (Å²) in [6.07, 6.45) is 1.83. The van der Waals surface area contributed by atoms with Gasteiger partial charge < -0.3 is 5.73 Å². The number of rotatable bonds is 2. The molecule has 0 fully saturated rings. The SMILES string of the molecule is C=Cc1ccsc1CN. The molecule has 0 amide bonds.